The van der Waals surface area contributed by atoms with Gasteiger partial charge in [0.15, 0.2) is 11.8 Å². The molecule has 0 aliphatic heterocycles. The van der Waals surface area contributed by atoms with E-state index in [-0.39, 0.29) is 24.0 Å². The first-order valence-electron chi connectivity index (χ1n) is 9.23. The summed E-state index contributed by atoms with van der Waals surface area (Å²) in [5.41, 5.74) is 1.16. The summed E-state index contributed by atoms with van der Waals surface area (Å²) >= 11 is 0. The van der Waals surface area contributed by atoms with Crippen LogP contribution in [-0.2, 0) is 6.54 Å². The van der Waals surface area contributed by atoms with Crippen LogP contribution in [0.25, 0.3) is 5.82 Å². The first-order valence-corrected chi connectivity index (χ1v) is 9.23. The van der Waals surface area contributed by atoms with Crippen LogP contribution in [0.15, 0.2) is 41.8 Å². The highest BCUT2D eigenvalue weighted by molar-refractivity contribution is 14.0. The average molecular weight is 466 g/mol. The van der Waals surface area contributed by atoms with Crippen LogP contribution in [0.1, 0.15) is 31.2 Å². The molecule has 0 amide bonds. The summed E-state index contributed by atoms with van der Waals surface area (Å²) in [7, 11) is 1.83. The molecule has 0 aromatic carbocycles. The van der Waals surface area contributed by atoms with E-state index < -0.39 is 0 Å². The molecule has 0 saturated heterocycles. The number of nitrogens with one attached hydrogen (secondary N) is 2. The lowest BCUT2D eigenvalue weighted by molar-refractivity contribution is 0.400. The van der Waals surface area contributed by atoms with Gasteiger partial charge >= 0.3 is 0 Å². The van der Waals surface area contributed by atoms with E-state index in [1.54, 1.807) is 10.9 Å². The predicted octanol–water partition coefficient (Wildman–Crippen LogP) is 2.99. The van der Waals surface area contributed by atoms with E-state index in [2.05, 4.69) is 25.7 Å². The Bertz CT molecular complexity index is 709. The van der Waals surface area contributed by atoms with Crippen molar-refractivity contribution in [1.82, 2.24) is 25.4 Å². The van der Waals surface area contributed by atoms with Gasteiger partial charge in [-0.3, -0.25) is 4.99 Å². The molecule has 4 rings (SSSR count). The maximum atomic E-state index is 4.37. The minimum atomic E-state index is 0. The molecule has 0 spiro atoms. The van der Waals surface area contributed by atoms with Crippen molar-refractivity contribution in [1.29, 1.82) is 0 Å². The summed E-state index contributed by atoms with van der Waals surface area (Å²) in [6.07, 6.45) is 11.2. The second kappa shape index (κ2) is 8.83. The fraction of sp³-hybridized carbons (Fsp3) is 0.526. The van der Waals surface area contributed by atoms with E-state index in [4.69, 9.17) is 0 Å². The van der Waals surface area contributed by atoms with Gasteiger partial charge in [0.1, 0.15) is 0 Å². The third-order valence-corrected chi connectivity index (χ3v) is 5.19. The molecule has 0 atom stereocenters. The fourth-order valence-electron chi connectivity index (χ4n) is 3.49. The number of guanidine groups is 1. The number of hydrogen-bond donors (Lipinski definition) is 2. The Balaban J connectivity index is 0.00000196. The van der Waals surface area contributed by atoms with Gasteiger partial charge in [0.25, 0.3) is 0 Å². The van der Waals surface area contributed by atoms with Crippen molar-refractivity contribution in [3.63, 3.8) is 0 Å². The Morgan fingerprint density at radius 2 is 2.00 bits per heavy atom. The zero-order valence-electron chi connectivity index (χ0n) is 15.1. The smallest absolute Gasteiger partial charge is 0.191 e. The SMILES string of the molecule is CN=C(NCc1ccnc(-n2cccn2)c1)NCC(C1CC1)C1CC1.I. The molecule has 2 aliphatic carbocycles. The van der Waals surface area contributed by atoms with Crippen molar-refractivity contribution >= 4 is 29.9 Å². The second-order valence-electron chi connectivity index (χ2n) is 7.12. The highest BCUT2D eigenvalue weighted by Crippen LogP contribution is 2.48. The average Bonchev–Trinajstić information content (AvgIpc) is 3.58. The van der Waals surface area contributed by atoms with Crippen LogP contribution in [0.3, 0.4) is 0 Å². The monoisotopic (exact) mass is 466 g/mol. The lowest BCUT2D eigenvalue weighted by Crippen LogP contribution is -2.40. The Morgan fingerprint density at radius 1 is 1.23 bits per heavy atom. The van der Waals surface area contributed by atoms with E-state index in [1.807, 2.05) is 37.6 Å². The zero-order valence-corrected chi connectivity index (χ0v) is 17.5. The number of aliphatic imine (C=N–C) groups is 1. The molecule has 2 N–H and O–H groups in total. The summed E-state index contributed by atoms with van der Waals surface area (Å²) in [4.78, 5) is 8.74. The van der Waals surface area contributed by atoms with Crippen molar-refractivity contribution in [2.24, 2.45) is 22.7 Å². The predicted molar refractivity (Wildman–Crippen MR) is 114 cm³/mol. The molecule has 0 bridgehead atoms. The summed E-state index contributed by atoms with van der Waals surface area (Å²) in [6, 6.07) is 5.96. The van der Waals surface area contributed by atoms with Crippen LogP contribution in [0.2, 0.25) is 0 Å². The summed E-state index contributed by atoms with van der Waals surface area (Å²) < 4.78 is 1.77. The molecule has 6 nitrogen and oxygen atoms in total. The molecule has 0 unspecified atom stereocenters. The van der Waals surface area contributed by atoms with Gasteiger partial charge in [-0.25, -0.2) is 9.67 Å². The number of halogens is 1. The standard InChI is InChI=1S/C19H26N6.HI/c1-20-19(23-13-17(15-3-4-15)16-5-6-16)22-12-14-7-9-21-18(11-14)25-10-2-8-24-25;/h2,7-11,15-17H,3-6,12-13H2,1H3,(H2,20,22,23);1H. The molecule has 26 heavy (non-hydrogen) atoms. The largest absolute Gasteiger partial charge is 0.356 e. The molecule has 2 aromatic rings. The highest BCUT2D eigenvalue weighted by atomic mass is 127. The molecule has 2 aromatic heterocycles. The maximum Gasteiger partial charge on any atom is 0.191 e. The molecule has 2 saturated carbocycles. The van der Waals surface area contributed by atoms with Gasteiger partial charge in [-0.05, 0) is 67.2 Å². The normalized spacial score (nSPS) is 17.1. The van der Waals surface area contributed by atoms with Gasteiger partial charge in [0.2, 0.25) is 0 Å². The van der Waals surface area contributed by atoms with Crippen LogP contribution < -0.4 is 10.6 Å². The fourth-order valence-corrected chi connectivity index (χ4v) is 3.49. The highest BCUT2D eigenvalue weighted by Gasteiger charge is 2.41. The van der Waals surface area contributed by atoms with Crippen molar-refractivity contribution in [3.8, 4) is 5.82 Å². The Kier molecular flexibility index (Phi) is 6.50. The topological polar surface area (TPSA) is 67.1 Å². The first kappa shape index (κ1) is 19.1. The minimum absolute atomic E-state index is 0. The summed E-state index contributed by atoms with van der Waals surface area (Å²) in [5.74, 6) is 4.45. The Labute approximate surface area is 171 Å². The zero-order chi connectivity index (χ0) is 17.1. The van der Waals surface area contributed by atoms with Crippen molar-refractivity contribution in [3.05, 3.63) is 42.4 Å². The quantitative estimate of drug-likeness (QED) is 0.374. The van der Waals surface area contributed by atoms with Crippen molar-refractivity contribution in [2.75, 3.05) is 13.6 Å². The van der Waals surface area contributed by atoms with E-state index in [1.165, 1.54) is 25.7 Å². The molecule has 2 fully saturated rings. The second-order valence-corrected chi connectivity index (χ2v) is 7.12. The van der Waals surface area contributed by atoms with Crippen molar-refractivity contribution < 1.29 is 0 Å². The van der Waals surface area contributed by atoms with Gasteiger partial charge in [0, 0.05) is 38.7 Å². The summed E-state index contributed by atoms with van der Waals surface area (Å²) in [5, 5.41) is 11.2. The number of nitrogens with zero attached hydrogens (tertiary/aromatic N) is 4. The number of rotatable bonds is 7. The van der Waals surface area contributed by atoms with Crippen LogP contribution in [0.4, 0.5) is 0 Å². The number of aromatic nitrogens is 3. The van der Waals surface area contributed by atoms with E-state index in [9.17, 15) is 0 Å². The Hall–Kier alpha value is -1.64. The van der Waals surface area contributed by atoms with Crippen LogP contribution in [0.5, 0.6) is 0 Å². The van der Waals surface area contributed by atoms with Gasteiger partial charge < -0.3 is 10.6 Å². The number of hydrogen-bond acceptors (Lipinski definition) is 3. The van der Waals surface area contributed by atoms with E-state index in [0.717, 1.165) is 41.6 Å². The van der Waals surface area contributed by atoms with Crippen LogP contribution in [0, 0.1) is 17.8 Å². The van der Waals surface area contributed by atoms with Crippen molar-refractivity contribution in [2.45, 2.75) is 32.2 Å². The van der Waals surface area contributed by atoms with Crippen LogP contribution in [-0.4, -0.2) is 34.3 Å². The van der Waals surface area contributed by atoms with E-state index >= 15 is 0 Å². The van der Waals surface area contributed by atoms with Gasteiger partial charge in [-0.1, -0.05) is 0 Å². The summed E-state index contributed by atoms with van der Waals surface area (Å²) in [6.45, 7) is 1.76. The molecule has 0 radical (unpaired) electrons. The van der Waals surface area contributed by atoms with E-state index in [0.29, 0.717) is 6.54 Å². The lowest BCUT2D eigenvalue weighted by atomic mass is 9.98. The molecule has 2 aliphatic rings. The lowest BCUT2D eigenvalue weighted by Gasteiger charge is -2.19. The molecular weight excluding hydrogens is 439 g/mol. The van der Waals surface area contributed by atoms with Crippen LogP contribution >= 0.6 is 24.0 Å². The van der Waals surface area contributed by atoms with Gasteiger partial charge in [0.05, 0.1) is 0 Å². The molecule has 2 heterocycles. The molecule has 140 valence electrons. The van der Waals surface area contributed by atoms with Gasteiger partial charge in [-0.2, -0.15) is 5.10 Å². The maximum absolute atomic E-state index is 4.37. The minimum Gasteiger partial charge on any atom is -0.356 e. The first-order chi connectivity index (χ1) is 12.3. The third-order valence-electron chi connectivity index (χ3n) is 5.19. The molecule has 7 heteroatoms. The van der Waals surface area contributed by atoms with Gasteiger partial charge in [-0.15, -0.1) is 24.0 Å². The molecular formula is C19H27IN6. The Morgan fingerprint density at radius 3 is 2.62 bits per heavy atom. The third kappa shape index (κ3) is 4.96. The number of pyridine rings is 1.